The Hall–Kier alpha value is -0.0400. The van der Waals surface area contributed by atoms with Gasteiger partial charge in [-0.25, -0.2) is 0 Å². The molecule has 1 saturated heterocycles. The maximum Gasteiger partial charge on any atom is 0.0149 e. The highest BCUT2D eigenvalue weighted by atomic mass is 15.2. The van der Waals surface area contributed by atoms with E-state index in [9.17, 15) is 0 Å². The number of likely N-dealkylation sites (tertiary alicyclic amines) is 1. The summed E-state index contributed by atoms with van der Waals surface area (Å²) >= 11 is 0. The van der Waals surface area contributed by atoms with Gasteiger partial charge in [0.25, 0.3) is 0 Å². The average Bonchev–Trinajstić information content (AvgIpc) is 2.13. The van der Waals surface area contributed by atoms with Crippen LogP contribution in [-0.2, 0) is 0 Å². The summed E-state index contributed by atoms with van der Waals surface area (Å²) < 4.78 is 0. The van der Waals surface area contributed by atoms with Crippen molar-refractivity contribution in [1.82, 2.24) is 4.90 Å². The van der Waals surface area contributed by atoms with E-state index in [2.05, 4.69) is 46.6 Å². The third kappa shape index (κ3) is 2.70. The van der Waals surface area contributed by atoms with Crippen molar-refractivity contribution in [3.05, 3.63) is 0 Å². The van der Waals surface area contributed by atoms with Crippen LogP contribution in [0.3, 0.4) is 0 Å². The fourth-order valence-corrected chi connectivity index (χ4v) is 2.40. The van der Waals surface area contributed by atoms with Crippen LogP contribution in [0.5, 0.6) is 0 Å². The quantitative estimate of drug-likeness (QED) is 0.603. The molecule has 13 heavy (non-hydrogen) atoms. The highest BCUT2D eigenvalue weighted by Crippen LogP contribution is 2.40. The largest absolute Gasteiger partial charge is 0.303 e. The van der Waals surface area contributed by atoms with Gasteiger partial charge in [0, 0.05) is 6.04 Å². The zero-order valence-corrected chi connectivity index (χ0v) is 10.1. The van der Waals surface area contributed by atoms with E-state index in [1.807, 2.05) is 0 Å². The van der Waals surface area contributed by atoms with Gasteiger partial charge in [0.2, 0.25) is 0 Å². The monoisotopic (exact) mass is 183 g/mol. The third-order valence-electron chi connectivity index (χ3n) is 3.35. The molecule has 0 saturated carbocycles. The van der Waals surface area contributed by atoms with E-state index in [-0.39, 0.29) is 0 Å². The van der Waals surface area contributed by atoms with Crippen molar-refractivity contribution < 1.29 is 0 Å². The molecule has 0 radical (unpaired) electrons. The van der Waals surface area contributed by atoms with Gasteiger partial charge in [0.05, 0.1) is 0 Å². The lowest BCUT2D eigenvalue weighted by atomic mass is 9.76. The van der Waals surface area contributed by atoms with Crippen LogP contribution in [0.2, 0.25) is 0 Å². The maximum atomic E-state index is 2.53. The van der Waals surface area contributed by atoms with Gasteiger partial charge in [-0.15, -0.1) is 0 Å². The van der Waals surface area contributed by atoms with E-state index in [0.717, 1.165) is 6.04 Å². The van der Waals surface area contributed by atoms with Gasteiger partial charge in [0.1, 0.15) is 0 Å². The van der Waals surface area contributed by atoms with Crippen LogP contribution in [0.15, 0.2) is 0 Å². The second-order valence-electron chi connectivity index (χ2n) is 6.50. The van der Waals surface area contributed by atoms with E-state index in [1.54, 1.807) is 0 Å². The number of hydrogen-bond donors (Lipinski definition) is 0. The molecule has 0 aliphatic carbocycles. The predicted molar refractivity (Wildman–Crippen MR) is 58.9 cm³/mol. The Morgan fingerprint density at radius 3 is 2.15 bits per heavy atom. The molecular weight excluding hydrogens is 158 g/mol. The summed E-state index contributed by atoms with van der Waals surface area (Å²) in [4.78, 5) is 2.53. The van der Waals surface area contributed by atoms with Gasteiger partial charge in [-0.2, -0.15) is 0 Å². The van der Waals surface area contributed by atoms with Crippen molar-refractivity contribution in [2.45, 2.75) is 53.5 Å². The minimum Gasteiger partial charge on any atom is -0.303 e. The summed E-state index contributed by atoms with van der Waals surface area (Å²) in [5.74, 6) is 0. The van der Waals surface area contributed by atoms with Gasteiger partial charge in [-0.05, 0) is 37.3 Å². The highest BCUT2D eigenvalue weighted by molar-refractivity contribution is 4.93. The molecule has 1 rings (SSSR count). The van der Waals surface area contributed by atoms with Crippen molar-refractivity contribution in [3.63, 3.8) is 0 Å². The van der Waals surface area contributed by atoms with Crippen LogP contribution in [0.1, 0.15) is 47.5 Å². The Morgan fingerprint density at radius 2 is 1.85 bits per heavy atom. The summed E-state index contributed by atoms with van der Waals surface area (Å²) in [5, 5.41) is 0. The molecule has 0 N–H and O–H groups in total. The van der Waals surface area contributed by atoms with Crippen molar-refractivity contribution in [2.75, 3.05) is 13.6 Å². The zero-order chi connectivity index (χ0) is 10.3. The summed E-state index contributed by atoms with van der Waals surface area (Å²) in [7, 11) is 2.27. The van der Waals surface area contributed by atoms with Crippen LogP contribution < -0.4 is 0 Å². The topological polar surface area (TPSA) is 3.24 Å². The van der Waals surface area contributed by atoms with Gasteiger partial charge in [-0.1, -0.05) is 34.6 Å². The van der Waals surface area contributed by atoms with Gasteiger partial charge in [-0.3, -0.25) is 0 Å². The number of rotatable bonds is 1. The number of hydrogen-bond acceptors (Lipinski definition) is 1. The van der Waals surface area contributed by atoms with E-state index in [4.69, 9.17) is 0 Å². The first-order valence-corrected chi connectivity index (χ1v) is 5.43. The molecule has 0 aromatic heterocycles. The molecule has 0 unspecified atom stereocenters. The third-order valence-corrected chi connectivity index (χ3v) is 3.35. The predicted octanol–water partition coefficient (Wildman–Crippen LogP) is 3.15. The molecule has 1 aliphatic rings. The molecule has 1 heteroatoms. The fourth-order valence-electron chi connectivity index (χ4n) is 2.40. The van der Waals surface area contributed by atoms with E-state index in [0.29, 0.717) is 10.8 Å². The Kier molecular flexibility index (Phi) is 2.78. The van der Waals surface area contributed by atoms with Gasteiger partial charge in [0.15, 0.2) is 0 Å². The molecule has 1 atom stereocenters. The van der Waals surface area contributed by atoms with Crippen LogP contribution in [-0.4, -0.2) is 24.5 Å². The minimum absolute atomic E-state index is 0.459. The molecule has 0 amide bonds. The molecule has 1 nitrogen and oxygen atoms in total. The lowest BCUT2D eigenvalue weighted by Crippen LogP contribution is -2.37. The Labute approximate surface area is 83.5 Å². The maximum absolute atomic E-state index is 2.53. The van der Waals surface area contributed by atoms with E-state index < -0.39 is 0 Å². The van der Waals surface area contributed by atoms with Crippen molar-refractivity contribution in [3.8, 4) is 0 Å². The molecule has 1 heterocycles. The Bertz CT molecular complexity index is 176. The smallest absolute Gasteiger partial charge is 0.0149 e. The zero-order valence-electron chi connectivity index (χ0n) is 10.1. The molecule has 0 aromatic carbocycles. The summed E-state index contributed by atoms with van der Waals surface area (Å²) in [6.07, 6.45) is 2.67. The SMILES string of the molecule is CN1CCC(C)(C)[C@H]1CC(C)(C)C. The lowest BCUT2D eigenvalue weighted by molar-refractivity contribution is 0.149. The molecule has 1 fully saturated rings. The first-order valence-electron chi connectivity index (χ1n) is 5.43. The van der Waals surface area contributed by atoms with E-state index >= 15 is 0 Å². The summed E-state index contributed by atoms with van der Waals surface area (Å²) in [5.41, 5.74) is 0.975. The highest BCUT2D eigenvalue weighted by Gasteiger charge is 2.39. The van der Waals surface area contributed by atoms with Crippen molar-refractivity contribution in [2.24, 2.45) is 10.8 Å². The van der Waals surface area contributed by atoms with Crippen LogP contribution >= 0.6 is 0 Å². The number of nitrogens with zero attached hydrogens (tertiary/aromatic N) is 1. The molecule has 0 spiro atoms. The van der Waals surface area contributed by atoms with Gasteiger partial charge < -0.3 is 4.90 Å². The minimum atomic E-state index is 0.459. The summed E-state index contributed by atoms with van der Waals surface area (Å²) in [6.45, 7) is 13.1. The Balaban J connectivity index is 2.66. The van der Waals surface area contributed by atoms with Crippen LogP contribution in [0.4, 0.5) is 0 Å². The molecule has 0 aromatic rings. The van der Waals surface area contributed by atoms with Crippen molar-refractivity contribution in [1.29, 1.82) is 0 Å². The van der Waals surface area contributed by atoms with Crippen LogP contribution in [0, 0.1) is 10.8 Å². The first-order chi connectivity index (χ1) is 5.72. The average molecular weight is 183 g/mol. The first kappa shape index (κ1) is 11.0. The summed E-state index contributed by atoms with van der Waals surface area (Å²) in [6, 6.07) is 0.771. The molecule has 0 bridgehead atoms. The van der Waals surface area contributed by atoms with E-state index in [1.165, 1.54) is 19.4 Å². The fraction of sp³-hybridized carbons (Fsp3) is 1.00. The normalized spacial score (nSPS) is 29.5. The standard InChI is InChI=1S/C12H25N/c1-11(2,3)9-10-12(4,5)7-8-13(10)6/h10H,7-9H2,1-6H3/t10-/m1/s1. The Morgan fingerprint density at radius 1 is 1.31 bits per heavy atom. The van der Waals surface area contributed by atoms with Crippen LogP contribution in [0.25, 0.3) is 0 Å². The second-order valence-corrected chi connectivity index (χ2v) is 6.50. The molecule has 78 valence electrons. The lowest BCUT2D eigenvalue weighted by Gasteiger charge is -2.35. The molecular formula is C12H25N. The molecule has 1 aliphatic heterocycles. The van der Waals surface area contributed by atoms with Crippen molar-refractivity contribution >= 4 is 0 Å². The second kappa shape index (κ2) is 3.27. The van der Waals surface area contributed by atoms with Gasteiger partial charge >= 0.3 is 0 Å².